The number of rotatable bonds is 5. The molecule has 0 aromatic carbocycles. The van der Waals surface area contributed by atoms with Crippen molar-refractivity contribution < 1.29 is 4.79 Å². The quantitative estimate of drug-likeness (QED) is 0.622. The number of carbonyl (C=O) groups is 1. The first kappa shape index (κ1) is 19.3. The van der Waals surface area contributed by atoms with E-state index in [1.165, 1.54) is 11.3 Å². The molecule has 0 radical (unpaired) electrons. The Morgan fingerprint density at radius 2 is 2.17 bits per heavy atom. The molecule has 1 amide bonds. The van der Waals surface area contributed by atoms with Gasteiger partial charge in [0.15, 0.2) is 11.0 Å². The molecule has 29 heavy (non-hydrogen) atoms. The summed E-state index contributed by atoms with van der Waals surface area (Å²) in [6.45, 7) is 4.60. The van der Waals surface area contributed by atoms with Crippen LogP contribution in [-0.2, 0) is 4.79 Å². The van der Waals surface area contributed by atoms with E-state index in [9.17, 15) is 4.79 Å². The lowest BCUT2D eigenvalue weighted by atomic mass is 10.0. The second-order valence-corrected chi connectivity index (χ2v) is 7.91. The Morgan fingerprint density at radius 1 is 1.28 bits per heavy atom. The molecular weight excluding hydrogens is 386 g/mol. The maximum Gasteiger partial charge on any atom is 0.247 e. The fourth-order valence-electron chi connectivity index (χ4n) is 3.40. The van der Waals surface area contributed by atoms with Gasteiger partial charge in [0.2, 0.25) is 5.91 Å². The van der Waals surface area contributed by atoms with E-state index >= 15 is 0 Å². The molecule has 0 unspecified atom stereocenters. The minimum absolute atomic E-state index is 0.0422. The van der Waals surface area contributed by atoms with Crippen molar-refractivity contribution in [1.29, 1.82) is 0 Å². The number of carbonyl (C=O) groups excluding carboxylic acids is 1. The van der Waals surface area contributed by atoms with E-state index in [1.54, 1.807) is 24.7 Å². The minimum atomic E-state index is -0.138. The van der Waals surface area contributed by atoms with E-state index in [4.69, 9.17) is 4.98 Å². The van der Waals surface area contributed by atoms with Gasteiger partial charge in [0.25, 0.3) is 0 Å². The number of H-pyrrole nitrogens is 1. The van der Waals surface area contributed by atoms with Gasteiger partial charge in [0.05, 0.1) is 30.0 Å². The standard InChI is InChI=1S/C20H23N7OS/c1-13-9-17(26-20-24-14(2)11-29-20)25-19(23-13)16-5-3-4-8-27(16)18(28)7-6-15-10-21-12-22-15/h6-7,9-12,16H,3-5,8H2,1-2H3,(H,21,22)(H,23,24,25,26)/b7-6+/t16-/m1/s1. The molecule has 0 bridgehead atoms. The van der Waals surface area contributed by atoms with Gasteiger partial charge in [-0.2, -0.15) is 0 Å². The Labute approximate surface area is 173 Å². The molecule has 4 heterocycles. The maximum absolute atomic E-state index is 12.9. The molecule has 3 aromatic heterocycles. The summed E-state index contributed by atoms with van der Waals surface area (Å²) in [4.78, 5) is 35.5. The Bertz CT molecular complexity index is 1010. The van der Waals surface area contributed by atoms with Crippen LogP contribution in [0, 0.1) is 13.8 Å². The summed E-state index contributed by atoms with van der Waals surface area (Å²) in [7, 11) is 0. The number of imidazole rings is 1. The molecule has 1 aliphatic rings. The highest BCUT2D eigenvalue weighted by molar-refractivity contribution is 7.13. The van der Waals surface area contributed by atoms with Crippen molar-refractivity contribution in [3.63, 3.8) is 0 Å². The van der Waals surface area contributed by atoms with E-state index in [1.807, 2.05) is 30.2 Å². The molecule has 9 heteroatoms. The molecule has 0 spiro atoms. The van der Waals surface area contributed by atoms with Crippen LogP contribution in [0.2, 0.25) is 0 Å². The number of aryl methyl sites for hydroxylation is 2. The Kier molecular flexibility index (Phi) is 5.66. The smallest absolute Gasteiger partial charge is 0.247 e. The molecule has 1 fully saturated rings. The second kappa shape index (κ2) is 8.52. The fraction of sp³-hybridized carbons (Fsp3) is 0.350. The molecule has 3 aromatic rings. The van der Waals surface area contributed by atoms with Crippen molar-refractivity contribution in [1.82, 2.24) is 29.8 Å². The highest BCUT2D eigenvalue weighted by atomic mass is 32.1. The number of anilines is 2. The number of likely N-dealkylation sites (tertiary alicyclic amines) is 1. The van der Waals surface area contributed by atoms with E-state index in [-0.39, 0.29) is 11.9 Å². The van der Waals surface area contributed by atoms with Gasteiger partial charge in [0, 0.05) is 29.8 Å². The maximum atomic E-state index is 12.9. The first-order valence-electron chi connectivity index (χ1n) is 9.60. The summed E-state index contributed by atoms with van der Waals surface area (Å²) in [5.41, 5.74) is 2.62. The van der Waals surface area contributed by atoms with Gasteiger partial charge >= 0.3 is 0 Å². The van der Waals surface area contributed by atoms with Gasteiger partial charge in [-0.3, -0.25) is 4.79 Å². The SMILES string of the molecule is Cc1cc(Nc2nc(C)cs2)nc([C@H]2CCCCN2C(=O)/C=C/c2cnc[nH]2)n1. The zero-order chi connectivity index (χ0) is 20.2. The lowest BCUT2D eigenvalue weighted by molar-refractivity contribution is -0.129. The predicted octanol–water partition coefficient (Wildman–Crippen LogP) is 3.78. The first-order valence-corrected chi connectivity index (χ1v) is 10.5. The first-order chi connectivity index (χ1) is 14.1. The number of nitrogens with zero attached hydrogens (tertiary/aromatic N) is 5. The van der Waals surface area contributed by atoms with Gasteiger partial charge < -0.3 is 15.2 Å². The molecule has 0 saturated carbocycles. The van der Waals surface area contributed by atoms with Crippen molar-refractivity contribution in [3.05, 3.63) is 53.0 Å². The minimum Gasteiger partial charge on any atom is -0.345 e. The van der Waals surface area contributed by atoms with Gasteiger partial charge in [-0.05, 0) is 39.2 Å². The largest absolute Gasteiger partial charge is 0.345 e. The van der Waals surface area contributed by atoms with Crippen molar-refractivity contribution in [2.75, 3.05) is 11.9 Å². The van der Waals surface area contributed by atoms with Crippen LogP contribution in [-0.4, -0.2) is 42.3 Å². The third-order valence-electron chi connectivity index (χ3n) is 4.73. The highest BCUT2D eigenvalue weighted by Crippen LogP contribution is 2.30. The topological polar surface area (TPSA) is 99.7 Å². The number of amides is 1. The van der Waals surface area contributed by atoms with Gasteiger partial charge in [-0.15, -0.1) is 11.3 Å². The molecule has 150 valence electrons. The molecule has 1 aliphatic heterocycles. The van der Waals surface area contributed by atoms with Crippen LogP contribution in [0.4, 0.5) is 10.9 Å². The molecule has 1 atom stereocenters. The van der Waals surface area contributed by atoms with E-state index in [0.717, 1.165) is 41.5 Å². The highest BCUT2D eigenvalue weighted by Gasteiger charge is 2.29. The summed E-state index contributed by atoms with van der Waals surface area (Å²) in [5.74, 6) is 1.33. The monoisotopic (exact) mass is 409 g/mol. The summed E-state index contributed by atoms with van der Waals surface area (Å²) in [6, 6.07) is 1.76. The summed E-state index contributed by atoms with van der Waals surface area (Å²) < 4.78 is 0. The van der Waals surface area contributed by atoms with Crippen LogP contribution in [0.25, 0.3) is 6.08 Å². The van der Waals surface area contributed by atoms with Crippen LogP contribution in [0.1, 0.15) is 48.2 Å². The summed E-state index contributed by atoms with van der Waals surface area (Å²) in [6.07, 6.45) is 9.48. The summed E-state index contributed by atoms with van der Waals surface area (Å²) in [5, 5.41) is 6.05. The third-order valence-corrected chi connectivity index (χ3v) is 5.61. The average Bonchev–Trinajstić information content (AvgIpc) is 3.37. The number of nitrogens with one attached hydrogen (secondary N) is 2. The lowest BCUT2D eigenvalue weighted by Crippen LogP contribution is -2.38. The van der Waals surface area contributed by atoms with Crippen LogP contribution in [0.15, 0.2) is 30.0 Å². The number of thiazole rings is 1. The molecule has 1 saturated heterocycles. The number of hydrogen-bond acceptors (Lipinski definition) is 7. The van der Waals surface area contributed by atoms with Crippen LogP contribution in [0.3, 0.4) is 0 Å². The number of aromatic amines is 1. The predicted molar refractivity (Wildman–Crippen MR) is 113 cm³/mol. The lowest BCUT2D eigenvalue weighted by Gasteiger charge is -2.34. The fourth-order valence-corrected chi connectivity index (χ4v) is 4.10. The molecule has 2 N–H and O–H groups in total. The Hall–Kier alpha value is -3.07. The van der Waals surface area contributed by atoms with Crippen molar-refractivity contribution in [2.24, 2.45) is 0 Å². The zero-order valence-corrected chi connectivity index (χ0v) is 17.2. The van der Waals surface area contributed by atoms with Crippen molar-refractivity contribution in [2.45, 2.75) is 39.2 Å². The normalized spacial score (nSPS) is 17.0. The van der Waals surface area contributed by atoms with E-state index in [2.05, 4.69) is 25.3 Å². The molecule has 0 aliphatic carbocycles. The van der Waals surface area contributed by atoms with Crippen LogP contribution in [0.5, 0.6) is 0 Å². The zero-order valence-electron chi connectivity index (χ0n) is 16.4. The average molecular weight is 410 g/mol. The third kappa shape index (κ3) is 4.68. The van der Waals surface area contributed by atoms with Crippen molar-refractivity contribution >= 4 is 34.3 Å². The van der Waals surface area contributed by atoms with Gasteiger partial charge in [0.1, 0.15) is 5.82 Å². The molecule has 8 nitrogen and oxygen atoms in total. The number of hydrogen-bond donors (Lipinski definition) is 2. The summed E-state index contributed by atoms with van der Waals surface area (Å²) >= 11 is 1.54. The van der Waals surface area contributed by atoms with E-state index < -0.39 is 0 Å². The second-order valence-electron chi connectivity index (χ2n) is 7.06. The van der Waals surface area contributed by atoms with Gasteiger partial charge in [-0.25, -0.2) is 19.9 Å². The Balaban J connectivity index is 1.56. The number of aromatic nitrogens is 5. The molecule has 4 rings (SSSR count). The number of piperidine rings is 1. The molecular formula is C20H23N7OS. The van der Waals surface area contributed by atoms with Gasteiger partial charge in [-0.1, -0.05) is 0 Å². The van der Waals surface area contributed by atoms with Crippen LogP contribution >= 0.6 is 11.3 Å². The van der Waals surface area contributed by atoms with E-state index in [0.29, 0.717) is 18.2 Å². The van der Waals surface area contributed by atoms with Crippen molar-refractivity contribution in [3.8, 4) is 0 Å². The van der Waals surface area contributed by atoms with Crippen LogP contribution < -0.4 is 5.32 Å². The Morgan fingerprint density at radius 3 is 2.93 bits per heavy atom.